The van der Waals surface area contributed by atoms with Crippen LogP contribution < -0.4 is 10.9 Å². The highest BCUT2D eigenvalue weighted by Gasteiger charge is 2.13. The Morgan fingerprint density at radius 3 is 2.55 bits per heavy atom. The number of carbonyl (C=O) groups is 2. The van der Waals surface area contributed by atoms with Crippen LogP contribution in [0.15, 0.2) is 59.2 Å². The van der Waals surface area contributed by atoms with Crippen LogP contribution >= 0.6 is 15.9 Å². The van der Waals surface area contributed by atoms with Crippen LogP contribution in [0.4, 0.5) is 0 Å². The molecule has 3 N–H and O–H groups in total. The second kappa shape index (κ2) is 6.03. The predicted octanol–water partition coefficient (Wildman–Crippen LogP) is 3.01. The maximum atomic E-state index is 12.2. The summed E-state index contributed by atoms with van der Waals surface area (Å²) < 4.78 is 0.795. The van der Waals surface area contributed by atoms with Gasteiger partial charge in [-0.25, -0.2) is 0 Å². The van der Waals surface area contributed by atoms with E-state index < -0.39 is 0 Å². The van der Waals surface area contributed by atoms with Crippen molar-refractivity contribution in [3.63, 3.8) is 0 Å². The van der Waals surface area contributed by atoms with Crippen LogP contribution in [0.2, 0.25) is 0 Å². The van der Waals surface area contributed by atoms with Crippen LogP contribution in [-0.4, -0.2) is 16.8 Å². The zero-order valence-corrected chi connectivity index (χ0v) is 13.0. The average Bonchev–Trinajstić information content (AvgIpc) is 2.96. The highest BCUT2D eigenvalue weighted by molar-refractivity contribution is 9.10. The van der Waals surface area contributed by atoms with Crippen molar-refractivity contribution >= 4 is 38.6 Å². The normalized spacial score (nSPS) is 10.4. The second-order valence-electron chi connectivity index (χ2n) is 4.67. The summed E-state index contributed by atoms with van der Waals surface area (Å²) in [7, 11) is 0. The van der Waals surface area contributed by atoms with Gasteiger partial charge < -0.3 is 4.98 Å². The molecule has 0 saturated heterocycles. The van der Waals surface area contributed by atoms with E-state index in [1.54, 1.807) is 24.4 Å². The molecular formula is C16H12BrN3O2. The first-order valence-corrected chi connectivity index (χ1v) is 7.37. The first kappa shape index (κ1) is 14.3. The van der Waals surface area contributed by atoms with Gasteiger partial charge in [-0.2, -0.15) is 0 Å². The van der Waals surface area contributed by atoms with Crippen LogP contribution in [0.3, 0.4) is 0 Å². The third-order valence-electron chi connectivity index (χ3n) is 3.21. The van der Waals surface area contributed by atoms with Crippen molar-refractivity contribution in [1.29, 1.82) is 0 Å². The molecule has 0 atom stereocenters. The first-order chi connectivity index (χ1) is 10.6. The summed E-state index contributed by atoms with van der Waals surface area (Å²) in [4.78, 5) is 27.2. The SMILES string of the molecule is O=C(NNC(=O)c1c[nH]c2ccccc12)c1cccc(Br)c1. The zero-order chi connectivity index (χ0) is 15.5. The van der Waals surface area contributed by atoms with Crippen molar-refractivity contribution in [1.82, 2.24) is 15.8 Å². The van der Waals surface area contributed by atoms with E-state index in [1.165, 1.54) is 0 Å². The van der Waals surface area contributed by atoms with Gasteiger partial charge in [0.15, 0.2) is 0 Å². The van der Waals surface area contributed by atoms with E-state index in [2.05, 4.69) is 31.8 Å². The maximum absolute atomic E-state index is 12.2. The van der Waals surface area contributed by atoms with Crippen molar-refractivity contribution < 1.29 is 9.59 Å². The van der Waals surface area contributed by atoms with Crippen LogP contribution in [0, 0.1) is 0 Å². The summed E-state index contributed by atoms with van der Waals surface area (Å²) in [6.45, 7) is 0. The number of rotatable bonds is 2. The number of H-pyrrole nitrogens is 1. The quantitative estimate of drug-likeness (QED) is 0.616. The van der Waals surface area contributed by atoms with Crippen LogP contribution in [0.5, 0.6) is 0 Å². The highest BCUT2D eigenvalue weighted by atomic mass is 79.9. The Morgan fingerprint density at radius 2 is 1.73 bits per heavy atom. The van der Waals surface area contributed by atoms with E-state index >= 15 is 0 Å². The van der Waals surface area contributed by atoms with Gasteiger partial charge in [0.05, 0.1) is 5.56 Å². The molecule has 0 saturated carbocycles. The van der Waals surface area contributed by atoms with Crippen molar-refractivity contribution in [2.75, 3.05) is 0 Å². The lowest BCUT2D eigenvalue weighted by atomic mass is 10.2. The summed E-state index contributed by atoms with van der Waals surface area (Å²) in [5.74, 6) is -0.754. The Morgan fingerprint density at radius 1 is 0.955 bits per heavy atom. The molecule has 0 aliphatic carbocycles. The smallest absolute Gasteiger partial charge is 0.271 e. The van der Waals surface area contributed by atoms with Crippen molar-refractivity contribution in [2.24, 2.45) is 0 Å². The zero-order valence-electron chi connectivity index (χ0n) is 11.4. The maximum Gasteiger partial charge on any atom is 0.271 e. The molecule has 6 heteroatoms. The molecule has 5 nitrogen and oxygen atoms in total. The lowest BCUT2D eigenvalue weighted by Crippen LogP contribution is -2.41. The minimum Gasteiger partial charge on any atom is -0.360 e. The molecule has 3 aromatic rings. The van der Waals surface area contributed by atoms with Gasteiger partial charge in [0.2, 0.25) is 0 Å². The summed E-state index contributed by atoms with van der Waals surface area (Å²) in [6.07, 6.45) is 1.62. The summed E-state index contributed by atoms with van der Waals surface area (Å²) in [5, 5.41) is 0.803. The van der Waals surface area contributed by atoms with Crippen molar-refractivity contribution in [3.8, 4) is 0 Å². The number of hydrogen-bond donors (Lipinski definition) is 3. The third-order valence-corrected chi connectivity index (χ3v) is 3.70. The number of hydrogen-bond acceptors (Lipinski definition) is 2. The highest BCUT2D eigenvalue weighted by Crippen LogP contribution is 2.17. The molecule has 2 aromatic carbocycles. The largest absolute Gasteiger partial charge is 0.360 e. The summed E-state index contributed by atoms with van der Waals surface area (Å²) in [6, 6.07) is 14.4. The van der Waals surface area contributed by atoms with Gasteiger partial charge in [-0.05, 0) is 24.3 Å². The van der Waals surface area contributed by atoms with E-state index in [0.29, 0.717) is 11.1 Å². The van der Waals surface area contributed by atoms with Crippen LogP contribution in [0.1, 0.15) is 20.7 Å². The predicted molar refractivity (Wildman–Crippen MR) is 87.4 cm³/mol. The molecule has 22 heavy (non-hydrogen) atoms. The number of para-hydroxylation sites is 1. The number of amides is 2. The molecule has 2 amide bonds. The number of carbonyl (C=O) groups excluding carboxylic acids is 2. The van der Waals surface area contributed by atoms with E-state index in [4.69, 9.17) is 0 Å². The van der Waals surface area contributed by atoms with Gasteiger partial charge in [-0.1, -0.05) is 40.2 Å². The van der Waals surface area contributed by atoms with Crippen molar-refractivity contribution in [2.45, 2.75) is 0 Å². The Bertz CT molecular complexity index is 857. The number of halogens is 1. The van der Waals surface area contributed by atoms with Crippen molar-refractivity contribution in [3.05, 3.63) is 70.3 Å². The molecule has 0 aliphatic rings. The average molecular weight is 358 g/mol. The van der Waals surface area contributed by atoms with Gasteiger partial charge >= 0.3 is 0 Å². The van der Waals surface area contributed by atoms with Gasteiger partial charge in [-0.15, -0.1) is 0 Å². The molecule has 0 spiro atoms. The third kappa shape index (κ3) is 2.87. The molecule has 1 aromatic heterocycles. The minimum atomic E-state index is -0.380. The number of aromatic nitrogens is 1. The standard InChI is InChI=1S/C16H12BrN3O2/c17-11-5-3-4-10(8-11)15(21)19-20-16(22)13-9-18-14-7-2-1-6-12(13)14/h1-9,18H,(H,19,21)(H,20,22). The molecule has 0 bridgehead atoms. The lowest BCUT2D eigenvalue weighted by molar-refractivity contribution is 0.0847. The monoisotopic (exact) mass is 357 g/mol. The lowest BCUT2D eigenvalue weighted by Gasteiger charge is -2.07. The number of aromatic amines is 1. The Balaban J connectivity index is 1.71. The molecule has 0 radical (unpaired) electrons. The van der Waals surface area contributed by atoms with E-state index in [9.17, 15) is 9.59 Å². The Labute approximate surface area is 134 Å². The minimum absolute atomic E-state index is 0.374. The van der Waals surface area contributed by atoms with Gasteiger partial charge in [0.25, 0.3) is 11.8 Å². The molecular weight excluding hydrogens is 346 g/mol. The number of benzene rings is 2. The topological polar surface area (TPSA) is 74.0 Å². The van der Waals surface area contributed by atoms with E-state index in [1.807, 2.05) is 30.3 Å². The molecule has 1 heterocycles. The molecule has 3 rings (SSSR count). The fourth-order valence-corrected chi connectivity index (χ4v) is 2.54. The molecule has 110 valence electrons. The number of nitrogens with one attached hydrogen (secondary N) is 3. The van der Waals surface area contributed by atoms with E-state index in [-0.39, 0.29) is 11.8 Å². The molecule has 0 aliphatic heterocycles. The number of hydrazine groups is 1. The fourth-order valence-electron chi connectivity index (χ4n) is 2.14. The van der Waals surface area contributed by atoms with E-state index in [0.717, 1.165) is 15.4 Å². The Kier molecular flexibility index (Phi) is 3.93. The summed E-state index contributed by atoms with van der Waals surface area (Å²) >= 11 is 3.30. The van der Waals surface area contributed by atoms with Gasteiger partial charge in [0, 0.05) is 27.1 Å². The molecule has 0 fully saturated rings. The second-order valence-corrected chi connectivity index (χ2v) is 5.58. The molecule has 0 unspecified atom stereocenters. The van der Waals surface area contributed by atoms with Crippen LogP contribution in [0.25, 0.3) is 10.9 Å². The van der Waals surface area contributed by atoms with Gasteiger partial charge in [-0.3, -0.25) is 20.4 Å². The van der Waals surface area contributed by atoms with Gasteiger partial charge in [0.1, 0.15) is 0 Å². The number of fused-ring (bicyclic) bond motifs is 1. The Hall–Kier alpha value is -2.60. The summed E-state index contributed by atoms with van der Waals surface area (Å²) in [5.41, 5.74) is 6.62. The first-order valence-electron chi connectivity index (χ1n) is 6.57. The fraction of sp³-hybridized carbons (Fsp3) is 0. The van der Waals surface area contributed by atoms with Crippen LogP contribution in [-0.2, 0) is 0 Å².